The number of rotatable bonds is 8. The molecule has 0 unspecified atom stereocenters. The molecule has 0 saturated carbocycles. The Bertz CT molecular complexity index is 1440. The zero-order chi connectivity index (χ0) is 31.8. The van der Waals surface area contributed by atoms with Gasteiger partial charge in [-0.1, -0.05) is 60.7 Å². The van der Waals surface area contributed by atoms with E-state index in [0.29, 0.717) is 30.3 Å². The van der Waals surface area contributed by atoms with Gasteiger partial charge in [-0.25, -0.2) is 9.59 Å². The molecule has 222 valence electrons. The van der Waals surface area contributed by atoms with E-state index in [1.54, 1.807) is 12.1 Å². The second kappa shape index (κ2) is 16.8. The number of methoxy groups -OCH3 is 2. The van der Waals surface area contributed by atoms with E-state index in [4.69, 9.17) is 30.9 Å². The van der Waals surface area contributed by atoms with Crippen LogP contribution in [0, 0.1) is 6.92 Å². The van der Waals surface area contributed by atoms with Gasteiger partial charge in [0, 0.05) is 0 Å². The van der Waals surface area contributed by atoms with Crippen molar-refractivity contribution in [1.82, 2.24) is 0 Å². The van der Waals surface area contributed by atoms with Gasteiger partial charge >= 0.3 is 11.9 Å². The SMILES string of the molecule is COC(=O)c1cc(C)c(OCc2ccccc2)c(OCc2ccccc2)c1.COC(=O)c1cc(O)c(O)c(O)c1.[2H]CF. The zero-order valence-corrected chi connectivity index (χ0v) is 23.4. The highest BCUT2D eigenvalue weighted by molar-refractivity contribution is 5.91. The van der Waals surface area contributed by atoms with Gasteiger partial charge in [-0.3, -0.25) is 4.39 Å². The monoisotopic (exact) mass is 581 g/mol. The van der Waals surface area contributed by atoms with Gasteiger partial charge in [-0.2, -0.15) is 0 Å². The van der Waals surface area contributed by atoms with Crippen molar-refractivity contribution >= 4 is 11.9 Å². The topological polar surface area (TPSA) is 132 Å². The average molecular weight is 582 g/mol. The number of aryl methyl sites for hydroxylation is 1. The van der Waals surface area contributed by atoms with Crippen molar-refractivity contribution in [1.29, 1.82) is 0 Å². The standard InChI is InChI=1S/C23H22O4.C8H8O5.CH3F/c1-17-13-20(23(24)25-2)14-21(26-15-18-9-5-3-6-10-18)22(17)27-16-19-11-7-4-8-12-19;1-13-8(12)4-2-5(9)7(11)6(10)3-4;1-2/h3-14H,15-16H2,1-2H3;2-3,9-11H,1H3;1H3/i;;1D. The predicted molar refractivity (Wildman–Crippen MR) is 154 cm³/mol. The molecule has 0 bridgehead atoms. The highest BCUT2D eigenvalue weighted by atomic mass is 19.1. The maximum absolute atomic E-state index is 12.0. The van der Waals surface area contributed by atoms with E-state index in [2.05, 4.69) is 4.74 Å². The van der Waals surface area contributed by atoms with Crippen LogP contribution in [0.3, 0.4) is 0 Å². The molecular weight excluding hydrogens is 547 g/mol. The number of hydrogen-bond donors (Lipinski definition) is 3. The Morgan fingerprint density at radius 2 is 1.17 bits per heavy atom. The molecule has 0 aliphatic carbocycles. The largest absolute Gasteiger partial charge is 0.504 e. The van der Waals surface area contributed by atoms with Crippen LogP contribution in [0.2, 0.25) is 0 Å². The van der Waals surface area contributed by atoms with E-state index in [9.17, 15) is 14.0 Å². The lowest BCUT2D eigenvalue weighted by atomic mass is 10.1. The van der Waals surface area contributed by atoms with E-state index in [1.807, 2.05) is 67.6 Å². The summed E-state index contributed by atoms with van der Waals surface area (Å²) in [7, 11) is 1.53. The lowest BCUT2D eigenvalue weighted by molar-refractivity contribution is 0.0591. The number of alkyl halides is 1. The number of benzene rings is 4. The predicted octanol–water partition coefficient (Wildman–Crippen LogP) is 6.12. The molecular formula is C32H33FO9. The van der Waals surface area contributed by atoms with Crippen LogP contribution >= 0.6 is 0 Å². The number of carbonyl (C=O) groups is 2. The maximum Gasteiger partial charge on any atom is 0.338 e. The van der Waals surface area contributed by atoms with Crippen LogP contribution in [0.25, 0.3) is 0 Å². The lowest BCUT2D eigenvalue weighted by Crippen LogP contribution is -2.06. The first-order chi connectivity index (χ1) is 20.6. The fourth-order valence-electron chi connectivity index (χ4n) is 3.57. The van der Waals surface area contributed by atoms with E-state index in [1.165, 1.54) is 14.2 Å². The summed E-state index contributed by atoms with van der Waals surface area (Å²) in [6.45, 7) is 2.69. The minimum absolute atomic E-state index is 0.0321. The van der Waals surface area contributed by atoms with E-state index in [0.717, 1.165) is 28.8 Å². The van der Waals surface area contributed by atoms with E-state index >= 15 is 0 Å². The smallest absolute Gasteiger partial charge is 0.338 e. The molecule has 10 heteroatoms. The maximum atomic E-state index is 12.0. The number of aromatic hydroxyl groups is 3. The van der Waals surface area contributed by atoms with Gasteiger partial charge in [-0.05, 0) is 47.9 Å². The molecule has 42 heavy (non-hydrogen) atoms. The minimum atomic E-state index is -1.00. The number of halogens is 1. The van der Waals surface area contributed by atoms with Crippen LogP contribution < -0.4 is 9.47 Å². The fourth-order valence-corrected chi connectivity index (χ4v) is 3.57. The van der Waals surface area contributed by atoms with Crippen molar-refractivity contribution < 1.29 is 49.6 Å². The normalized spacial score (nSPS) is 10.0. The van der Waals surface area contributed by atoms with Crippen molar-refractivity contribution in [3.05, 3.63) is 113 Å². The average Bonchev–Trinajstić information content (AvgIpc) is 3.02. The van der Waals surface area contributed by atoms with Crippen molar-refractivity contribution in [2.75, 3.05) is 21.4 Å². The highest BCUT2D eigenvalue weighted by Gasteiger charge is 2.16. The van der Waals surface area contributed by atoms with Crippen LogP contribution in [-0.4, -0.2) is 48.6 Å². The van der Waals surface area contributed by atoms with Crippen LogP contribution in [0.4, 0.5) is 4.39 Å². The first-order valence-electron chi connectivity index (χ1n) is 13.1. The molecule has 0 aliphatic heterocycles. The van der Waals surface area contributed by atoms with Gasteiger partial charge in [-0.15, -0.1) is 0 Å². The molecule has 0 amide bonds. The quantitative estimate of drug-likeness (QED) is 0.166. The van der Waals surface area contributed by atoms with Gasteiger partial charge in [0.25, 0.3) is 0 Å². The Morgan fingerprint density at radius 1 is 0.738 bits per heavy atom. The summed E-state index contributed by atoms with van der Waals surface area (Å²) in [6, 6.07) is 25.2. The third-order valence-electron chi connectivity index (χ3n) is 5.62. The number of phenolic OH excluding ortho intramolecular Hbond substituents is 3. The minimum Gasteiger partial charge on any atom is -0.504 e. The Labute approximate surface area is 244 Å². The second-order valence-electron chi connectivity index (χ2n) is 8.52. The summed E-state index contributed by atoms with van der Waals surface area (Å²) in [5.74, 6) is -1.76. The Hall–Kier alpha value is -5.25. The molecule has 0 aromatic heterocycles. The number of hydrogen-bond acceptors (Lipinski definition) is 9. The van der Waals surface area contributed by atoms with Gasteiger partial charge in [0.15, 0.2) is 28.7 Å². The molecule has 0 saturated heterocycles. The van der Waals surface area contributed by atoms with Crippen molar-refractivity contribution in [3.63, 3.8) is 0 Å². The zero-order valence-electron chi connectivity index (χ0n) is 24.4. The van der Waals surface area contributed by atoms with Crippen molar-refractivity contribution in [2.45, 2.75) is 20.1 Å². The van der Waals surface area contributed by atoms with E-state index < -0.39 is 36.3 Å². The molecule has 0 radical (unpaired) electrons. The van der Waals surface area contributed by atoms with Crippen molar-refractivity contribution in [3.8, 4) is 28.7 Å². The van der Waals surface area contributed by atoms with Gasteiger partial charge < -0.3 is 34.3 Å². The van der Waals surface area contributed by atoms with Crippen molar-refractivity contribution in [2.24, 2.45) is 0 Å². The third kappa shape index (κ3) is 9.44. The summed E-state index contributed by atoms with van der Waals surface area (Å²) in [5.41, 5.74) is 3.31. The molecule has 0 spiro atoms. The number of phenols is 3. The molecule has 9 nitrogen and oxygen atoms in total. The van der Waals surface area contributed by atoms with Crippen LogP contribution in [0.15, 0.2) is 84.9 Å². The van der Waals surface area contributed by atoms with Crippen LogP contribution in [0.5, 0.6) is 28.7 Å². The fraction of sp³-hybridized carbons (Fsp3) is 0.188. The Balaban J connectivity index is 0.000000337. The summed E-state index contributed by atoms with van der Waals surface area (Å²) in [6.07, 6.45) is 0. The Kier molecular flexibility index (Phi) is 12.5. The molecule has 4 aromatic carbocycles. The number of esters is 2. The van der Waals surface area contributed by atoms with Crippen LogP contribution in [-0.2, 0) is 22.7 Å². The molecule has 0 atom stereocenters. The Morgan fingerprint density at radius 3 is 1.62 bits per heavy atom. The number of ether oxygens (including phenoxy) is 4. The molecule has 4 rings (SSSR count). The molecule has 0 aliphatic rings. The molecule has 3 N–H and O–H groups in total. The molecule has 0 fully saturated rings. The van der Waals surface area contributed by atoms with E-state index in [-0.39, 0.29) is 5.56 Å². The second-order valence-corrected chi connectivity index (χ2v) is 8.52. The highest BCUT2D eigenvalue weighted by Crippen LogP contribution is 2.36. The molecule has 4 aromatic rings. The van der Waals surface area contributed by atoms with Crippen LogP contribution in [0.1, 0.15) is 38.8 Å². The van der Waals surface area contributed by atoms with Gasteiger partial charge in [0.1, 0.15) is 13.2 Å². The van der Waals surface area contributed by atoms with Gasteiger partial charge in [0.2, 0.25) is 0 Å². The lowest BCUT2D eigenvalue weighted by Gasteiger charge is -2.16. The summed E-state index contributed by atoms with van der Waals surface area (Å²) < 4.78 is 36.7. The number of carbonyl (C=O) groups excluding carboxylic acids is 2. The third-order valence-corrected chi connectivity index (χ3v) is 5.62. The first kappa shape index (κ1) is 31.3. The molecule has 0 heterocycles. The summed E-state index contributed by atoms with van der Waals surface area (Å²) >= 11 is 0. The summed E-state index contributed by atoms with van der Waals surface area (Å²) in [5, 5.41) is 26.9. The summed E-state index contributed by atoms with van der Waals surface area (Å²) in [4.78, 5) is 22.9. The van der Waals surface area contributed by atoms with Gasteiger partial charge in [0.05, 0.1) is 33.9 Å². The first-order valence-corrected chi connectivity index (χ1v) is 12.4.